The molecular formula is C7H16N2O2. The molecule has 0 aromatic carbocycles. The Labute approximate surface area is 66.8 Å². The maximum atomic E-state index is 10.9. The zero-order chi connectivity index (χ0) is 8.85. The molecule has 2 atom stereocenters. The van der Waals surface area contributed by atoms with E-state index >= 15 is 0 Å². The van der Waals surface area contributed by atoms with Crippen molar-refractivity contribution in [1.82, 2.24) is 5.32 Å². The van der Waals surface area contributed by atoms with Gasteiger partial charge < -0.3 is 16.2 Å². The Hall–Kier alpha value is -0.610. The van der Waals surface area contributed by atoms with Gasteiger partial charge in [-0.2, -0.15) is 0 Å². The van der Waals surface area contributed by atoms with Crippen LogP contribution in [-0.4, -0.2) is 29.7 Å². The average molecular weight is 160 g/mol. The number of nitrogens with one attached hydrogen (secondary N) is 1. The molecule has 0 aromatic heterocycles. The van der Waals surface area contributed by atoms with E-state index < -0.39 is 6.10 Å². The van der Waals surface area contributed by atoms with Gasteiger partial charge in [0.05, 0.1) is 6.10 Å². The van der Waals surface area contributed by atoms with Crippen molar-refractivity contribution >= 4 is 5.91 Å². The first kappa shape index (κ1) is 10.4. The molecule has 0 bridgehead atoms. The summed E-state index contributed by atoms with van der Waals surface area (Å²) in [5.41, 5.74) is 5.38. The number of hydrogen-bond acceptors (Lipinski definition) is 3. The van der Waals surface area contributed by atoms with E-state index in [0.717, 1.165) is 0 Å². The molecular weight excluding hydrogens is 144 g/mol. The summed E-state index contributed by atoms with van der Waals surface area (Å²) in [7, 11) is 0. The molecule has 0 rings (SSSR count). The van der Waals surface area contributed by atoms with E-state index in [1.807, 2.05) is 0 Å². The molecule has 0 saturated carbocycles. The number of rotatable bonds is 4. The van der Waals surface area contributed by atoms with Crippen LogP contribution >= 0.6 is 0 Å². The van der Waals surface area contributed by atoms with Crippen molar-refractivity contribution < 1.29 is 9.90 Å². The largest absolute Gasteiger partial charge is 0.392 e. The Morgan fingerprint density at radius 3 is 2.55 bits per heavy atom. The predicted molar refractivity (Wildman–Crippen MR) is 43.0 cm³/mol. The lowest BCUT2D eigenvalue weighted by molar-refractivity contribution is -0.121. The summed E-state index contributed by atoms with van der Waals surface area (Å²) >= 11 is 0. The van der Waals surface area contributed by atoms with Crippen molar-refractivity contribution in [3.05, 3.63) is 0 Å². The molecule has 1 amide bonds. The molecule has 66 valence electrons. The summed E-state index contributed by atoms with van der Waals surface area (Å²) in [6.07, 6.45) is -0.181. The number of aliphatic hydroxyl groups is 1. The van der Waals surface area contributed by atoms with Crippen molar-refractivity contribution in [2.75, 3.05) is 6.54 Å². The Morgan fingerprint density at radius 1 is 1.64 bits per heavy atom. The smallest absolute Gasteiger partial charge is 0.221 e. The van der Waals surface area contributed by atoms with E-state index in [0.29, 0.717) is 13.0 Å². The fourth-order valence-electron chi connectivity index (χ4n) is 0.626. The van der Waals surface area contributed by atoms with Crippen LogP contribution in [0.3, 0.4) is 0 Å². The lowest BCUT2D eigenvalue weighted by Gasteiger charge is -2.08. The highest BCUT2D eigenvalue weighted by molar-refractivity contribution is 5.76. The Bertz CT molecular complexity index is 124. The predicted octanol–water partition coefficient (Wildman–Crippen LogP) is -0.779. The van der Waals surface area contributed by atoms with Crippen LogP contribution in [0.15, 0.2) is 0 Å². The highest BCUT2D eigenvalue weighted by Gasteiger charge is 2.04. The van der Waals surface area contributed by atoms with Crippen LogP contribution in [0.2, 0.25) is 0 Å². The molecule has 0 spiro atoms. The number of aliphatic hydroxyl groups excluding tert-OH is 1. The quantitative estimate of drug-likeness (QED) is 0.505. The lowest BCUT2D eigenvalue weighted by Crippen LogP contribution is -2.34. The van der Waals surface area contributed by atoms with E-state index in [4.69, 9.17) is 10.8 Å². The standard InChI is InChI=1S/C7H16N2O2/c1-5(8)3-7(11)9-4-6(2)10/h5-6,10H,3-4,8H2,1-2H3,(H,9,11). The molecule has 4 nitrogen and oxygen atoms in total. The lowest BCUT2D eigenvalue weighted by atomic mass is 10.2. The molecule has 2 unspecified atom stereocenters. The van der Waals surface area contributed by atoms with Crippen molar-refractivity contribution in [3.8, 4) is 0 Å². The van der Waals surface area contributed by atoms with E-state index in [2.05, 4.69) is 5.32 Å². The van der Waals surface area contributed by atoms with Gasteiger partial charge in [-0.15, -0.1) is 0 Å². The van der Waals surface area contributed by atoms with Gasteiger partial charge in [0.25, 0.3) is 0 Å². The molecule has 0 saturated heterocycles. The molecule has 0 fully saturated rings. The van der Waals surface area contributed by atoms with Crippen LogP contribution in [0, 0.1) is 0 Å². The third kappa shape index (κ3) is 7.29. The number of amides is 1. The first-order valence-corrected chi connectivity index (χ1v) is 3.72. The summed E-state index contributed by atoms with van der Waals surface area (Å²) in [6.45, 7) is 3.68. The van der Waals surface area contributed by atoms with Crippen LogP contribution < -0.4 is 11.1 Å². The second kappa shape index (κ2) is 5.09. The van der Waals surface area contributed by atoms with Gasteiger partial charge in [-0.05, 0) is 13.8 Å². The maximum Gasteiger partial charge on any atom is 0.221 e. The highest BCUT2D eigenvalue weighted by atomic mass is 16.3. The van der Waals surface area contributed by atoms with E-state index in [1.165, 1.54) is 0 Å². The first-order chi connectivity index (χ1) is 5.02. The average Bonchev–Trinajstić information content (AvgIpc) is 1.82. The number of hydrogen-bond donors (Lipinski definition) is 3. The summed E-state index contributed by atoms with van der Waals surface area (Å²) in [5.74, 6) is -0.110. The van der Waals surface area contributed by atoms with E-state index in [9.17, 15) is 4.79 Å². The SMILES string of the molecule is CC(N)CC(=O)NCC(C)O. The van der Waals surface area contributed by atoms with Gasteiger partial charge in [0, 0.05) is 19.0 Å². The molecule has 0 radical (unpaired) electrons. The monoisotopic (exact) mass is 160 g/mol. The van der Waals surface area contributed by atoms with Gasteiger partial charge in [0.15, 0.2) is 0 Å². The summed E-state index contributed by atoms with van der Waals surface area (Å²) in [6, 6.07) is -0.121. The van der Waals surface area contributed by atoms with Crippen LogP contribution in [-0.2, 0) is 4.79 Å². The fraction of sp³-hybridized carbons (Fsp3) is 0.857. The molecule has 0 aliphatic rings. The summed E-state index contributed by atoms with van der Waals surface area (Å²) < 4.78 is 0. The molecule has 4 heteroatoms. The van der Waals surface area contributed by atoms with Crippen molar-refractivity contribution in [2.24, 2.45) is 5.73 Å². The second-order valence-corrected chi connectivity index (χ2v) is 2.83. The zero-order valence-electron chi connectivity index (χ0n) is 7.00. The maximum absolute atomic E-state index is 10.9. The Balaban J connectivity index is 3.38. The highest BCUT2D eigenvalue weighted by Crippen LogP contribution is 1.85. The van der Waals surface area contributed by atoms with E-state index in [1.54, 1.807) is 13.8 Å². The Kier molecular flexibility index (Phi) is 4.81. The van der Waals surface area contributed by atoms with Crippen molar-refractivity contribution in [3.63, 3.8) is 0 Å². The molecule has 0 aromatic rings. The molecule has 0 aliphatic heterocycles. The molecule has 11 heavy (non-hydrogen) atoms. The minimum absolute atomic E-state index is 0.110. The van der Waals surface area contributed by atoms with Crippen LogP contribution in [0.1, 0.15) is 20.3 Å². The first-order valence-electron chi connectivity index (χ1n) is 3.72. The van der Waals surface area contributed by atoms with E-state index in [-0.39, 0.29) is 11.9 Å². The van der Waals surface area contributed by atoms with Crippen molar-refractivity contribution in [1.29, 1.82) is 0 Å². The minimum atomic E-state index is -0.493. The topological polar surface area (TPSA) is 75.4 Å². The van der Waals surface area contributed by atoms with Crippen LogP contribution in [0.25, 0.3) is 0 Å². The van der Waals surface area contributed by atoms with Gasteiger partial charge >= 0.3 is 0 Å². The normalized spacial score (nSPS) is 15.6. The van der Waals surface area contributed by atoms with Gasteiger partial charge in [-0.3, -0.25) is 4.79 Å². The van der Waals surface area contributed by atoms with Crippen molar-refractivity contribution in [2.45, 2.75) is 32.4 Å². The number of carbonyl (C=O) groups excluding carboxylic acids is 1. The third-order valence-corrected chi connectivity index (χ3v) is 1.10. The van der Waals surface area contributed by atoms with Gasteiger partial charge in [-0.1, -0.05) is 0 Å². The molecule has 0 aliphatic carbocycles. The fourth-order valence-corrected chi connectivity index (χ4v) is 0.626. The summed E-state index contributed by atoms with van der Waals surface area (Å²) in [4.78, 5) is 10.9. The Morgan fingerprint density at radius 2 is 2.18 bits per heavy atom. The zero-order valence-corrected chi connectivity index (χ0v) is 7.00. The van der Waals surface area contributed by atoms with Crippen LogP contribution in [0.5, 0.6) is 0 Å². The third-order valence-electron chi connectivity index (χ3n) is 1.10. The molecule has 4 N–H and O–H groups in total. The van der Waals surface area contributed by atoms with Crippen LogP contribution in [0.4, 0.5) is 0 Å². The number of carbonyl (C=O) groups is 1. The summed E-state index contributed by atoms with van der Waals surface area (Å²) in [5, 5.41) is 11.3. The number of nitrogens with two attached hydrogens (primary N) is 1. The van der Waals surface area contributed by atoms with Gasteiger partial charge in [0.2, 0.25) is 5.91 Å². The minimum Gasteiger partial charge on any atom is -0.392 e. The van der Waals surface area contributed by atoms with Gasteiger partial charge in [0.1, 0.15) is 0 Å². The second-order valence-electron chi connectivity index (χ2n) is 2.83. The van der Waals surface area contributed by atoms with Gasteiger partial charge in [-0.25, -0.2) is 0 Å². The molecule has 0 heterocycles.